The van der Waals surface area contributed by atoms with Crippen molar-refractivity contribution in [2.75, 3.05) is 19.0 Å². The van der Waals surface area contributed by atoms with Gasteiger partial charge < -0.3 is 14.8 Å². The van der Waals surface area contributed by atoms with Crippen molar-refractivity contribution in [1.29, 1.82) is 5.26 Å². The molecule has 3 aromatic carbocycles. The molecule has 0 heterocycles. The second-order valence-electron chi connectivity index (χ2n) is 6.67. The van der Waals surface area contributed by atoms with Crippen LogP contribution in [-0.4, -0.2) is 19.6 Å². The molecule has 33 heavy (non-hydrogen) atoms. The smallest absolute Gasteiger partial charge is 0.262 e. The molecule has 168 valence electrons. The number of carbonyl (C=O) groups is 1. The fourth-order valence-electron chi connectivity index (χ4n) is 2.88. The maximum atomic E-state index is 12.2. The largest absolute Gasteiger partial charge is 0.493 e. The normalized spacial score (nSPS) is 11.0. The molecule has 1 N–H and O–H groups in total. The van der Waals surface area contributed by atoms with Crippen LogP contribution in [0.4, 0.5) is 5.69 Å². The Bertz CT molecular complexity index is 1250. The summed E-state index contributed by atoms with van der Waals surface area (Å²) in [6, 6.07) is 16.9. The lowest BCUT2D eigenvalue weighted by molar-refractivity contribution is -0.118. The summed E-state index contributed by atoms with van der Waals surface area (Å²) < 4.78 is 11.0. The third-order valence-electron chi connectivity index (χ3n) is 4.38. The van der Waals surface area contributed by atoms with E-state index < -0.39 is 0 Å². The molecular weight excluding hydrogens is 506 g/mol. The van der Waals surface area contributed by atoms with Crippen LogP contribution in [0.5, 0.6) is 11.5 Å². The Labute approximate surface area is 211 Å². The quantitative estimate of drug-likeness (QED) is 0.260. The van der Waals surface area contributed by atoms with Gasteiger partial charge >= 0.3 is 0 Å². The summed E-state index contributed by atoms with van der Waals surface area (Å²) in [5.74, 6) is 0.113. The number of halogens is 4. The maximum absolute atomic E-state index is 12.2. The highest BCUT2D eigenvalue weighted by Gasteiger charge is 2.15. The Kier molecular flexibility index (Phi) is 8.49. The fraction of sp³-hybridized carbons (Fsp3) is 0.0833. The molecule has 3 aromatic rings. The summed E-state index contributed by atoms with van der Waals surface area (Å²) in [4.78, 5) is 12.2. The van der Waals surface area contributed by atoms with Gasteiger partial charge in [0.2, 0.25) is 0 Å². The van der Waals surface area contributed by atoms with E-state index in [1.54, 1.807) is 60.7 Å². The number of nitrogens with one attached hydrogen (secondary N) is 1. The monoisotopic (exact) mass is 520 g/mol. The molecule has 3 rings (SSSR count). The zero-order valence-electron chi connectivity index (χ0n) is 17.2. The second kappa shape index (κ2) is 11.3. The molecule has 0 aliphatic carbocycles. The number of nitriles is 1. The minimum Gasteiger partial charge on any atom is -0.493 e. The molecule has 0 aliphatic rings. The number of allylic oxidation sites excluding steroid dienone is 1. The summed E-state index contributed by atoms with van der Waals surface area (Å²) in [5.41, 5.74) is 2.00. The first-order valence-electron chi connectivity index (χ1n) is 9.43. The topological polar surface area (TPSA) is 71.3 Å². The Balaban J connectivity index is 1.80. The molecule has 0 bridgehead atoms. The SMILES string of the molecule is COc1cc(/C=C(\C#N)c2ccc(Cl)cc2Cl)cc(Cl)c1OCC(=O)Nc1ccc(Cl)cc1. The highest BCUT2D eigenvalue weighted by atomic mass is 35.5. The average molecular weight is 522 g/mol. The molecule has 0 saturated heterocycles. The van der Waals surface area contributed by atoms with Gasteiger partial charge in [-0.15, -0.1) is 0 Å². The lowest BCUT2D eigenvalue weighted by atomic mass is 10.0. The lowest BCUT2D eigenvalue weighted by Crippen LogP contribution is -2.20. The lowest BCUT2D eigenvalue weighted by Gasteiger charge is -2.14. The van der Waals surface area contributed by atoms with Crippen LogP contribution < -0.4 is 14.8 Å². The molecule has 0 atom stereocenters. The van der Waals surface area contributed by atoms with E-state index in [1.165, 1.54) is 7.11 Å². The predicted molar refractivity (Wildman–Crippen MR) is 134 cm³/mol. The van der Waals surface area contributed by atoms with E-state index in [1.807, 2.05) is 0 Å². The van der Waals surface area contributed by atoms with E-state index in [2.05, 4.69) is 11.4 Å². The van der Waals surface area contributed by atoms with E-state index in [0.29, 0.717) is 43.2 Å². The van der Waals surface area contributed by atoms with Crippen molar-refractivity contribution in [3.05, 3.63) is 85.8 Å². The number of rotatable bonds is 7. The van der Waals surface area contributed by atoms with Gasteiger partial charge in [0.15, 0.2) is 18.1 Å². The predicted octanol–water partition coefficient (Wildman–Crippen LogP) is 7.39. The molecule has 0 unspecified atom stereocenters. The molecule has 0 radical (unpaired) electrons. The number of anilines is 1. The number of hydrogen-bond donors (Lipinski definition) is 1. The van der Waals surface area contributed by atoms with Gasteiger partial charge in [-0.25, -0.2) is 0 Å². The molecule has 0 fully saturated rings. The molecule has 0 saturated carbocycles. The number of benzene rings is 3. The first-order valence-corrected chi connectivity index (χ1v) is 10.9. The second-order valence-corrected chi connectivity index (χ2v) is 8.36. The van der Waals surface area contributed by atoms with Crippen molar-refractivity contribution in [2.45, 2.75) is 0 Å². The van der Waals surface area contributed by atoms with Gasteiger partial charge in [-0.1, -0.05) is 52.5 Å². The minimum absolute atomic E-state index is 0.200. The first kappa shape index (κ1) is 24.8. The van der Waals surface area contributed by atoms with Gasteiger partial charge in [0.05, 0.1) is 28.8 Å². The van der Waals surface area contributed by atoms with Crippen LogP contribution in [0.15, 0.2) is 54.6 Å². The van der Waals surface area contributed by atoms with Crippen LogP contribution in [0.1, 0.15) is 11.1 Å². The van der Waals surface area contributed by atoms with Gasteiger partial charge in [-0.2, -0.15) is 5.26 Å². The molecule has 5 nitrogen and oxygen atoms in total. The van der Waals surface area contributed by atoms with E-state index in [0.717, 1.165) is 0 Å². The Morgan fingerprint density at radius 3 is 2.33 bits per heavy atom. The number of carbonyl (C=O) groups excluding carboxylic acids is 1. The first-order chi connectivity index (χ1) is 15.8. The Morgan fingerprint density at radius 1 is 1.00 bits per heavy atom. The number of nitrogens with zero attached hydrogens (tertiary/aromatic N) is 1. The molecule has 0 aromatic heterocycles. The van der Waals surface area contributed by atoms with Crippen LogP contribution in [0, 0.1) is 11.3 Å². The van der Waals surface area contributed by atoms with Crippen LogP contribution in [0.3, 0.4) is 0 Å². The molecular formula is C24H16Cl4N2O3. The number of methoxy groups -OCH3 is 1. The van der Waals surface area contributed by atoms with Gasteiger partial charge in [-0.05, 0) is 60.2 Å². The minimum atomic E-state index is -0.386. The number of hydrogen-bond acceptors (Lipinski definition) is 4. The van der Waals surface area contributed by atoms with Crippen molar-refractivity contribution in [3.63, 3.8) is 0 Å². The van der Waals surface area contributed by atoms with E-state index in [-0.39, 0.29) is 23.3 Å². The van der Waals surface area contributed by atoms with Gasteiger partial charge in [0.25, 0.3) is 5.91 Å². The van der Waals surface area contributed by atoms with Gasteiger partial charge in [-0.3, -0.25) is 4.79 Å². The fourth-order valence-corrected chi connectivity index (χ4v) is 3.79. The van der Waals surface area contributed by atoms with Crippen molar-refractivity contribution < 1.29 is 14.3 Å². The number of amides is 1. The molecule has 9 heteroatoms. The molecule has 0 aliphatic heterocycles. The van der Waals surface area contributed by atoms with Crippen LogP contribution >= 0.6 is 46.4 Å². The van der Waals surface area contributed by atoms with Crippen molar-refractivity contribution in [2.24, 2.45) is 0 Å². The highest BCUT2D eigenvalue weighted by Crippen LogP contribution is 2.38. The maximum Gasteiger partial charge on any atom is 0.262 e. The molecule has 0 spiro atoms. The summed E-state index contributed by atoms with van der Waals surface area (Å²) in [5, 5.41) is 13.9. The van der Waals surface area contributed by atoms with Crippen molar-refractivity contribution in [1.82, 2.24) is 0 Å². The highest BCUT2D eigenvalue weighted by molar-refractivity contribution is 6.36. The molecule has 1 amide bonds. The summed E-state index contributed by atoms with van der Waals surface area (Å²) in [6.07, 6.45) is 1.61. The summed E-state index contributed by atoms with van der Waals surface area (Å²) in [7, 11) is 1.45. The standard InChI is InChI=1S/C24H16Cl4N2O3/c1-32-22-10-14(8-15(12-29)19-7-4-17(26)11-20(19)27)9-21(28)24(22)33-13-23(31)30-18-5-2-16(25)3-6-18/h2-11H,13H2,1H3,(H,30,31)/b15-8+. The summed E-state index contributed by atoms with van der Waals surface area (Å²) >= 11 is 24.4. The Morgan fingerprint density at radius 2 is 1.70 bits per heavy atom. The third-order valence-corrected chi connectivity index (χ3v) is 5.46. The van der Waals surface area contributed by atoms with Gasteiger partial charge in [0.1, 0.15) is 0 Å². The van der Waals surface area contributed by atoms with E-state index in [4.69, 9.17) is 55.9 Å². The van der Waals surface area contributed by atoms with Crippen LogP contribution in [0.2, 0.25) is 20.1 Å². The van der Waals surface area contributed by atoms with Crippen LogP contribution in [0.25, 0.3) is 11.6 Å². The zero-order valence-corrected chi connectivity index (χ0v) is 20.2. The van der Waals surface area contributed by atoms with Crippen molar-refractivity contribution in [3.8, 4) is 17.6 Å². The van der Waals surface area contributed by atoms with Crippen LogP contribution in [-0.2, 0) is 4.79 Å². The van der Waals surface area contributed by atoms with E-state index in [9.17, 15) is 10.1 Å². The zero-order chi connectivity index (χ0) is 24.0. The summed E-state index contributed by atoms with van der Waals surface area (Å²) in [6.45, 7) is -0.294. The number of ether oxygens (including phenoxy) is 2. The Hall–Kier alpha value is -2.88. The van der Waals surface area contributed by atoms with E-state index >= 15 is 0 Å². The van der Waals surface area contributed by atoms with Crippen molar-refractivity contribution >= 4 is 69.6 Å². The average Bonchev–Trinajstić information content (AvgIpc) is 2.78. The third kappa shape index (κ3) is 6.56. The van der Waals surface area contributed by atoms with Gasteiger partial charge in [0, 0.05) is 21.3 Å².